The Morgan fingerprint density at radius 3 is 2.83 bits per heavy atom. The summed E-state index contributed by atoms with van der Waals surface area (Å²) in [5.74, 6) is -0.183. The van der Waals surface area contributed by atoms with E-state index in [1.165, 1.54) is 6.07 Å². The lowest BCUT2D eigenvalue weighted by Gasteiger charge is -2.11. The average molecular weight is 279 g/mol. The van der Waals surface area contributed by atoms with Gasteiger partial charge in [-0.2, -0.15) is 0 Å². The van der Waals surface area contributed by atoms with Crippen LogP contribution in [0.5, 0.6) is 0 Å². The van der Waals surface area contributed by atoms with Crippen molar-refractivity contribution in [3.05, 3.63) is 33.1 Å². The Hall–Kier alpha value is -0.160. The first-order valence-corrected chi connectivity index (χ1v) is 4.94. The molecule has 0 aliphatic heterocycles. The smallest absolute Gasteiger partial charge is 0.136 e. The summed E-state index contributed by atoms with van der Waals surface area (Å²) in [6, 6.07) is 4.97. The van der Waals surface area contributed by atoms with Gasteiger partial charge in [0.1, 0.15) is 5.82 Å². The number of hydrogen-bond acceptors (Lipinski definition) is 1. The summed E-state index contributed by atoms with van der Waals surface area (Å²) in [5.41, 5.74) is 6.69. The number of hydrogen-bond donors (Lipinski definition) is 1. The van der Waals surface area contributed by atoms with Crippen LogP contribution in [0, 0.1) is 9.39 Å². The van der Waals surface area contributed by atoms with Crippen LogP contribution in [0.3, 0.4) is 0 Å². The Kier molecular flexibility index (Phi) is 3.46. The molecule has 0 heterocycles. The highest BCUT2D eigenvalue weighted by molar-refractivity contribution is 14.1. The summed E-state index contributed by atoms with van der Waals surface area (Å²) in [7, 11) is 0. The van der Waals surface area contributed by atoms with E-state index in [1.54, 1.807) is 6.07 Å². The topological polar surface area (TPSA) is 26.0 Å². The average Bonchev–Trinajstić information content (AvgIpc) is 2.08. The molecule has 0 fully saturated rings. The predicted octanol–water partition coefficient (Wildman–Crippen LogP) is 2.84. The van der Waals surface area contributed by atoms with Crippen LogP contribution in [-0.2, 0) is 0 Å². The fourth-order valence-electron chi connectivity index (χ4n) is 1.03. The Bertz CT molecular complexity index is 275. The molecule has 2 N–H and O–H groups in total. The van der Waals surface area contributed by atoms with Crippen molar-refractivity contribution in [3.8, 4) is 0 Å². The van der Waals surface area contributed by atoms with Crippen LogP contribution >= 0.6 is 22.6 Å². The van der Waals surface area contributed by atoms with Gasteiger partial charge in [-0.15, -0.1) is 0 Å². The summed E-state index contributed by atoms with van der Waals surface area (Å²) in [5, 5.41) is 0. The first-order valence-electron chi connectivity index (χ1n) is 3.86. The van der Waals surface area contributed by atoms with E-state index in [1.807, 2.05) is 35.6 Å². The molecule has 12 heavy (non-hydrogen) atoms. The van der Waals surface area contributed by atoms with Gasteiger partial charge >= 0.3 is 0 Å². The van der Waals surface area contributed by atoms with Crippen LogP contribution in [0.25, 0.3) is 0 Å². The van der Waals surface area contributed by atoms with Crippen molar-refractivity contribution in [1.29, 1.82) is 0 Å². The molecule has 0 aliphatic rings. The summed E-state index contributed by atoms with van der Waals surface area (Å²) >= 11 is 1.99. The minimum Gasteiger partial charge on any atom is -0.324 e. The molecule has 0 bridgehead atoms. The Morgan fingerprint density at radius 2 is 2.25 bits per heavy atom. The first kappa shape index (κ1) is 9.92. The quantitative estimate of drug-likeness (QED) is 0.828. The van der Waals surface area contributed by atoms with E-state index < -0.39 is 0 Å². The SMILES string of the molecule is CCC(N)c1cccc(F)c1I. The van der Waals surface area contributed by atoms with Crippen molar-refractivity contribution in [3.63, 3.8) is 0 Å². The van der Waals surface area contributed by atoms with E-state index in [0.29, 0.717) is 3.57 Å². The minimum atomic E-state index is -0.183. The number of nitrogens with two attached hydrogens (primary N) is 1. The van der Waals surface area contributed by atoms with Crippen LogP contribution in [0.1, 0.15) is 24.9 Å². The second-order valence-electron chi connectivity index (χ2n) is 2.66. The van der Waals surface area contributed by atoms with Gasteiger partial charge in [-0.05, 0) is 40.6 Å². The molecule has 0 radical (unpaired) electrons. The molecule has 1 nitrogen and oxygen atoms in total. The maximum absolute atomic E-state index is 13.0. The van der Waals surface area contributed by atoms with Gasteiger partial charge in [-0.1, -0.05) is 19.1 Å². The summed E-state index contributed by atoms with van der Waals surface area (Å²) in [6.45, 7) is 1.99. The second kappa shape index (κ2) is 4.18. The highest BCUT2D eigenvalue weighted by atomic mass is 127. The molecule has 1 aromatic carbocycles. The van der Waals surface area contributed by atoms with Crippen molar-refractivity contribution in [2.75, 3.05) is 0 Å². The maximum Gasteiger partial charge on any atom is 0.136 e. The number of rotatable bonds is 2. The molecule has 0 spiro atoms. The van der Waals surface area contributed by atoms with Crippen LogP contribution in [0.4, 0.5) is 4.39 Å². The minimum absolute atomic E-state index is 0.0485. The van der Waals surface area contributed by atoms with Crippen LogP contribution in [-0.4, -0.2) is 0 Å². The zero-order valence-corrected chi connectivity index (χ0v) is 9.01. The summed E-state index contributed by atoms with van der Waals surface area (Å²) in [6.07, 6.45) is 0.833. The van der Waals surface area contributed by atoms with Crippen LogP contribution < -0.4 is 5.73 Å². The fourth-order valence-corrected chi connectivity index (χ4v) is 1.79. The van der Waals surface area contributed by atoms with Crippen molar-refractivity contribution >= 4 is 22.6 Å². The molecule has 1 rings (SSSR count). The predicted molar refractivity (Wildman–Crippen MR) is 56.3 cm³/mol. The standard InChI is InChI=1S/C9H11FIN/c1-2-8(12)6-4-3-5-7(10)9(6)11/h3-5,8H,2,12H2,1H3. The monoisotopic (exact) mass is 279 g/mol. The Balaban J connectivity index is 3.07. The largest absolute Gasteiger partial charge is 0.324 e. The van der Waals surface area contributed by atoms with E-state index in [-0.39, 0.29) is 11.9 Å². The van der Waals surface area contributed by atoms with Gasteiger partial charge in [0.25, 0.3) is 0 Å². The lowest BCUT2D eigenvalue weighted by Crippen LogP contribution is -2.10. The van der Waals surface area contributed by atoms with Gasteiger partial charge in [0, 0.05) is 6.04 Å². The summed E-state index contributed by atoms with van der Waals surface area (Å²) < 4.78 is 13.7. The zero-order valence-electron chi connectivity index (χ0n) is 6.85. The molecule has 0 aromatic heterocycles. The number of benzene rings is 1. The van der Waals surface area contributed by atoms with Crippen LogP contribution in [0.2, 0.25) is 0 Å². The van der Waals surface area contributed by atoms with Gasteiger partial charge in [-0.3, -0.25) is 0 Å². The Morgan fingerprint density at radius 1 is 1.58 bits per heavy atom. The van der Waals surface area contributed by atoms with Crippen LogP contribution in [0.15, 0.2) is 18.2 Å². The van der Waals surface area contributed by atoms with Gasteiger partial charge in [0.05, 0.1) is 3.57 Å². The third-order valence-corrected chi connectivity index (χ3v) is 2.96. The summed E-state index contributed by atoms with van der Waals surface area (Å²) in [4.78, 5) is 0. The van der Waals surface area contributed by atoms with Crippen molar-refractivity contribution in [2.24, 2.45) is 5.73 Å². The van der Waals surface area contributed by atoms with Gasteiger partial charge in [-0.25, -0.2) is 4.39 Å². The van der Waals surface area contributed by atoms with E-state index in [9.17, 15) is 4.39 Å². The molecule has 1 aromatic rings. The van der Waals surface area contributed by atoms with Gasteiger partial charge in [0.2, 0.25) is 0 Å². The van der Waals surface area contributed by atoms with E-state index >= 15 is 0 Å². The molecule has 0 saturated carbocycles. The maximum atomic E-state index is 13.0. The fraction of sp³-hybridized carbons (Fsp3) is 0.333. The molecule has 3 heteroatoms. The normalized spacial score (nSPS) is 13.0. The number of halogens is 2. The molecule has 0 amide bonds. The van der Waals surface area contributed by atoms with Crippen molar-refractivity contribution in [1.82, 2.24) is 0 Å². The molecule has 1 atom stereocenters. The third-order valence-electron chi connectivity index (χ3n) is 1.82. The van der Waals surface area contributed by atoms with E-state index in [0.717, 1.165) is 12.0 Å². The van der Waals surface area contributed by atoms with Gasteiger partial charge < -0.3 is 5.73 Å². The second-order valence-corrected chi connectivity index (χ2v) is 3.74. The molecule has 0 saturated heterocycles. The Labute approximate surface area is 85.3 Å². The molecular weight excluding hydrogens is 268 g/mol. The third kappa shape index (κ3) is 1.95. The van der Waals surface area contributed by atoms with Crippen molar-refractivity contribution < 1.29 is 4.39 Å². The first-order chi connectivity index (χ1) is 5.66. The molecule has 1 unspecified atom stereocenters. The molecular formula is C9H11FIN. The molecule has 66 valence electrons. The zero-order chi connectivity index (χ0) is 9.14. The lowest BCUT2D eigenvalue weighted by atomic mass is 10.1. The highest BCUT2D eigenvalue weighted by Crippen LogP contribution is 2.22. The van der Waals surface area contributed by atoms with E-state index in [4.69, 9.17) is 5.73 Å². The van der Waals surface area contributed by atoms with Gasteiger partial charge in [0.15, 0.2) is 0 Å². The molecule has 0 aliphatic carbocycles. The highest BCUT2D eigenvalue weighted by Gasteiger charge is 2.09. The lowest BCUT2D eigenvalue weighted by molar-refractivity contribution is 0.607. The van der Waals surface area contributed by atoms with E-state index in [2.05, 4.69) is 0 Å². The van der Waals surface area contributed by atoms with Crippen molar-refractivity contribution in [2.45, 2.75) is 19.4 Å².